The van der Waals surface area contributed by atoms with Gasteiger partial charge < -0.3 is 15.0 Å². The van der Waals surface area contributed by atoms with Gasteiger partial charge in [-0.3, -0.25) is 4.79 Å². The Labute approximate surface area is 149 Å². The van der Waals surface area contributed by atoms with Crippen molar-refractivity contribution in [3.8, 4) is 5.75 Å². The number of nitrogens with zero attached hydrogens (tertiary/aromatic N) is 3. The van der Waals surface area contributed by atoms with Crippen LogP contribution in [-0.2, 0) is 6.42 Å². The highest BCUT2D eigenvalue weighted by Gasteiger charge is 2.13. The van der Waals surface area contributed by atoms with E-state index in [0.29, 0.717) is 11.5 Å². The Morgan fingerprint density at radius 2 is 1.92 bits per heavy atom. The number of nitrogens with one attached hydrogen (secondary N) is 1. The Kier molecular flexibility index (Phi) is 7.19. The predicted molar refractivity (Wildman–Crippen MR) is 99.1 cm³/mol. The highest BCUT2D eigenvalue weighted by atomic mass is 16.5. The first-order valence-electron chi connectivity index (χ1n) is 8.60. The number of methoxy groups -OCH3 is 1. The Bertz CT molecular complexity index is 656. The zero-order valence-electron chi connectivity index (χ0n) is 15.2. The van der Waals surface area contributed by atoms with E-state index < -0.39 is 0 Å². The van der Waals surface area contributed by atoms with E-state index in [1.165, 1.54) is 5.56 Å². The van der Waals surface area contributed by atoms with E-state index in [0.717, 1.165) is 38.1 Å². The molecule has 0 aliphatic heterocycles. The second kappa shape index (κ2) is 9.61. The standard InChI is InChI=1S/C19H26N4O2/c1-4-5-14-23(2)19(24)17-10-11-18(22-21-17)20-13-12-15-6-8-16(25-3)9-7-15/h6-11H,4-5,12-14H2,1-3H3,(H,20,22). The van der Waals surface area contributed by atoms with Gasteiger partial charge in [-0.2, -0.15) is 0 Å². The molecule has 0 bridgehead atoms. The fourth-order valence-corrected chi connectivity index (χ4v) is 2.36. The quantitative estimate of drug-likeness (QED) is 0.759. The topological polar surface area (TPSA) is 67.4 Å². The predicted octanol–water partition coefficient (Wildman–Crippen LogP) is 3.01. The van der Waals surface area contributed by atoms with E-state index in [4.69, 9.17) is 4.74 Å². The van der Waals surface area contributed by atoms with E-state index in [1.54, 1.807) is 31.2 Å². The minimum absolute atomic E-state index is 0.0919. The fraction of sp³-hybridized carbons (Fsp3) is 0.421. The average molecular weight is 342 g/mol. The lowest BCUT2D eigenvalue weighted by Crippen LogP contribution is -2.28. The third kappa shape index (κ3) is 5.74. The number of ether oxygens (including phenoxy) is 1. The monoisotopic (exact) mass is 342 g/mol. The van der Waals surface area contributed by atoms with Gasteiger partial charge in [0.2, 0.25) is 0 Å². The molecular weight excluding hydrogens is 316 g/mol. The molecule has 25 heavy (non-hydrogen) atoms. The maximum atomic E-state index is 12.2. The molecule has 0 radical (unpaired) electrons. The minimum atomic E-state index is -0.0919. The number of carbonyl (C=O) groups excluding carboxylic acids is 1. The molecule has 1 heterocycles. The van der Waals surface area contributed by atoms with Crippen molar-refractivity contribution in [1.82, 2.24) is 15.1 Å². The van der Waals surface area contributed by atoms with Crippen LogP contribution >= 0.6 is 0 Å². The number of hydrogen-bond acceptors (Lipinski definition) is 5. The van der Waals surface area contributed by atoms with Gasteiger partial charge in [0.05, 0.1) is 7.11 Å². The number of benzene rings is 1. The Morgan fingerprint density at radius 3 is 2.52 bits per heavy atom. The Balaban J connectivity index is 1.82. The van der Waals surface area contributed by atoms with Crippen LogP contribution < -0.4 is 10.1 Å². The summed E-state index contributed by atoms with van der Waals surface area (Å²) in [4.78, 5) is 13.9. The van der Waals surface area contributed by atoms with E-state index >= 15 is 0 Å². The highest BCUT2D eigenvalue weighted by Crippen LogP contribution is 2.12. The van der Waals surface area contributed by atoms with Crippen molar-refractivity contribution in [3.63, 3.8) is 0 Å². The normalized spacial score (nSPS) is 10.4. The van der Waals surface area contributed by atoms with Crippen LogP contribution in [0.25, 0.3) is 0 Å². The lowest BCUT2D eigenvalue weighted by atomic mass is 10.1. The van der Waals surface area contributed by atoms with Gasteiger partial charge in [-0.05, 0) is 42.7 Å². The van der Waals surface area contributed by atoms with Crippen LogP contribution in [0.2, 0.25) is 0 Å². The zero-order chi connectivity index (χ0) is 18.1. The molecule has 0 unspecified atom stereocenters. The van der Waals surface area contributed by atoms with E-state index in [9.17, 15) is 4.79 Å². The summed E-state index contributed by atoms with van der Waals surface area (Å²) >= 11 is 0. The van der Waals surface area contributed by atoms with Gasteiger partial charge in [0.25, 0.3) is 5.91 Å². The number of anilines is 1. The molecule has 1 amide bonds. The van der Waals surface area contributed by atoms with Crippen LogP contribution in [-0.4, -0.2) is 48.3 Å². The maximum absolute atomic E-state index is 12.2. The van der Waals surface area contributed by atoms with Crippen molar-refractivity contribution < 1.29 is 9.53 Å². The average Bonchev–Trinajstić information content (AvgIpc) is 2.66. The molecule has 2 aromatic rings. The molecular formula is C19H26N4O2. The van der Waals surface area contributed by atoms with Crippen LogP contribution in [0.4, 0.5) is 5.82 Å². The van der Waals surface area contributed by atoms with Gasteiger partial charge in [-0.1, -0.05) is 25.5 Å². The number of aromatic nitrogens is 2. The summed E-state index contributed by atoms with van der Waals surface area (Å²) in [6, 6.07) is 11.5. The lowest BCUT2D eigenvalue weighted by Gasteiger charge is -2.15. The molecule has 6 heteroatoms. The van der Waals surface area contributed by atoms with Gasteiger partial charge in [-0.25, -0.2) is 0 Å². The van der Waals surface area contributed by atoms with Crippen LogP contribution in [0, 0.1) is 0 Å². The summed E-state index contributed by atoms with van der Waals surface area (Å²) < 4.78 is 5.15. The molecule has 134 valence electrons. The van der Waals surface area contributed by atoms with Crippen molar-refractivity contribution in [3.05, 3.63) is 47.7 Å². The van der Waals surface area contributed by atoms with E-state index in [1.807, 2.05) is 24.3 Å². The van der Waals surface area contributed by atoms with Gasteiger partial charge in [0.15, 0.2) is 5.69 Å². The number of amides is 1. The lowest BCUT2D eigenvalue weighted by molar-refractivity contribution is 0.0786. The van der Waals surface area contributed by atoms with Crippen molar-refractivity contribution in [1.29, 1.82) is 0 Å². The summed E-state index contributed by atoms with van der Waals surface area (Å²) in [7, 11) is 3.45. The smallest absolute Gasteiger partial charge is 0.274 e. The minimum Gasteiger partial charge on any atom is -0.497 e. The maximum Gasteiger partial charge on any atom is 0.274 e. The molecule has 1 aromatic carbocycles. The van der Waals surface area contributed by atoms with Gasteiger partial charge >= 0.3 is 0 Å². The molecule has 1 aromatic heterocycles. The zero-order valence-corrected chi connectivity index (χ0v) is 15.2. The number of carbonyl (C=O) groups is 1. The third-order valence-corrected chi connectivity index (χ3v) is 3.96. The fourth-order valence-electron chi connectivity index (χ4n) is 2.36. The van der Waals surface area contributed by atoms with Crippen LogP contribution in [0.1, 0.15) is 35.8 Å². The summed E-state index contributed by atoms with van der Waals surface area (Å²) in [6.07, 6.45) is 2.91. The molecule has 0 spiro atoms. The number of rotatable bonds is 9. The van der Waals surface area contributed by atoms with Crippen molar-refractivity contribution in [2.75, 3.05) is 32.6 Å². The van der Waals surface area contributed by atoms with Crippen molar-refractivity contribution in [2.24, 2.45) is 0 Å². The molecule has 1 N–H and O–H groups in total. The molecule has 2 rings (SSSR count). The number of unbranched alkanes of at least 4 members (excludes halogenated alkanes) is 1. The molecule has 0 aliphatic carbocycles. The third-order valence-electron chi connectivity index (χ3n) is 3.96. The first kappa shape index (κ1) is 18.7. The second-order valence-corrected chi connectivity index (χ2v) is 5.91. The van der Waals surface area contributed by atoms with Gasteiger partial charge in [-0.15, -0.1) is 10.2 Å². The first-order chi connectivity index (χ1) is 12.1. The van der Waals surface area contributed by atoms with E-state index in [-0.39, 0.29) is 5.91 Å². The van der Waals surface area contributed by atoms with Gasteiger partial charge in [0.1, 0.15) is 11.6 Å². The molecule has 0 saturated heterocycles. The van der Waals surface area contributed by atoms with E-state index in [2.05, 4.69) is 22.4 Å². The molecule has 0 fully saturated rings. The molecule has 0 aliphatic rings. The largest absolute Gasteiger partial charge is 0.497 e. The highest BCUT2D eigenvalue weighted by molar-refractivity contribution is 5.92. The second-order valence-electron chi connectivity index (χ2n) is 5.91. The summed E-state index contributed by atoms with van der Waals surface area (Å²) in [6.45, 7) is 3.58. The summed E-state index contributed by atoms with van der Waals surface area (Å²) in [5.74, 6) is 1.43. The summed E-state index contributed by atoms with van der Waals surface area (Å²) in [5.41, 5.74) is 1.59. The molecule has 0 atom stereocenters. The Hall–Kier alpha value is -2.63. The van der Waals surface area contributed by atoms with Gasteiger partial charge in [0, 0.05) is 20.1 Å². The molecule has 0 saturated carbocycles. The van der Waals surface area contributed by atoms with Crippen LogP contribution in [0.3, 0.4) is 0 Å². The summed E-state index contributed by atoms with van der Waals surface area (Å²) in [5, 5.41) is 11.3. The Morgan fingerprint density at radius 1 is 1.16 bits per heavy atom. The molecule has 6 nitrogen and oxygen atoms in total. The number of hydrogen-bond donors (Lipinski definition) is 1. The SMILES string of the molecule is CCCCN(C)C(=O)c1ccc(NCCc2ccc(OC)cc2)nn1. The van der Waals surface area contributed by atoms with Crippen molar-refractivity contribution in [2.45, 2.75) is 26.2 Å². The van der Waals surface area contributed by atoms with Crippen LogP contribution in [0.15, 0.2) is 36.4 Å². The van der Waals surface area contributed by atoms with Crippen LogP contribution in [0.5, 0.6) is 5.75 Å². The first-order valence-corrected chi connectivity index (χ1v) is 8.60. The van der Waals surface area contributed by atoms with Crippen molar-refractivity contribution >= 4 is 11.7 Å².